The highest BCUT2D eigenvalue weighted by atomic mass is 32.1. The molecule has 0 bridgehead atoms. The average Bonchev–Trinajstić information content (AvgIpc) is 2.97. The van der Waals surface area contributed by atoms with Crippen molar-refractivity contribution in [1.82, 2.24) is 15.2 Å². The van der Waals surface area contributed by atoms with Crippen LogP contribution in [-0.2, 0) is 4.74 Å². The van der Waals surface area contributed by atoms with E-state index in [1.54, 1.807) is 11.3 Å². The van der Waals surface area contributed by atoms with Gasteiger partial charge >= 0.3 is 6.09 Å². The first kappa shape index (κ1) is 17.2. The molecule has 1 aliphatic rings. The molecule has 1 N–H and O–H groups in total. The van der Waals surface area contributed by atoms with Crippen molar-refractivity contribution in [1.29, 1.82) is 0 Å². The van der Waals surface area contributed by atoms with Gasteiger partial charge in [-0.05, 0) is 53.0 Å². The first-order chi connectivity index (χ1) is 10.3. The first-order valence-corrected chi connectivity index (χ1v) is 8.84. The maximum atomic E-state index is 12.0. The summed E-state index contributed by atoms with van der Waals surface area (Å²) < 4.78 is 5.42. The maximum absolute atomic E-state index is 12.0. The van der Waals surface area contributed by atoms with E-state index >= 15 is 0 Å². The summed E-state index contributed by atoms with van der Waals surface area (Å²) in [5, 5.41) is 6.69. The molecule has 0 aliphatic carbocycles. The van der Waals surface area contributed by atoms with Gasteiger partial charge in [-0.15, -0.1) is 11.3 Å². The SMILES string of the molecule is C[C@@H](NCC1CCN(C(=O)OC(C)(C)C)CC1)c1nccs1. The number of carbonyl (C=O) groups is 1. The van der Waals surface area contributed by atoms with Crippen molar-refractivity contribution in [3.63, 3.8) is 0 Å². The van der Waals surface area contributed by atoms with Crippen molar-refractivity contribution >= 4 is 17.4 Å². The van der Waals surface area contributed by atoms with Crippen molar-refractivity contribution in [2.24, 2.45) is 5.92 Å². The first-order valence-electron chi connectivity index (χ1n) is 7.96. The van der Waals surface area contributed by atoms with Gasteiger partial charge in [-0.3, -0.25) is 0 Å². The van der Waals surface area contributed by atoms with Gasteiger partial charge in [0.2, 0.25) is 0 Å². The zero-order valence-electron chi connectivity index (χ0n) is 14.0. The summed E-state index contributed by atoms with van der Waals surface area (Å²) in [5.41, 5.74) is -0.418. The van der Waals surface area contributed by atoms with Gasteiger partial charge in [-0.2, -0.15) is 0 Å². The van der Waals surface area contributed by atoms with Crippen molar-refractivity contribution in [2.75, 3.05) is 19.6 Å². The third kappa shape index (κ3) is 5.25. The number of amides is 1. The number of piperidine rings is 1. The molecule has 0 spiro atoms. The molecule has 1 aromatic rings. The summed E-state index contributed by atoms with van der Waals surface area (Å²) in [6, 6.07) is 0.295. The van der Waals surface area contributed by atoms with Gasteiger partial charge in [0.25, 0.3) is 0 Å². The molecule has 22 heavy (non-hydrogen) atoms. The molecule has 124 valence electrons. The smallest absolute Gasteiger partial charge is 0.410 e. The van der Waals surface area contributed by atoms with Crippen molar-refractivity contribution in [2.45, 2.75) is 52.2 Å². The molecule has 1 aliphatic heterocycles. The number of aromatic nitrogens is 1. The van der Waals surface area contributed by atoms with E-state index in [2.05, 4.69) is 17.2 Å². The Labute approximate surface area is 137 Å². The Morgan fingerprint density at radius 3 is 2.73 bits per heavy atom. The number of ether oxygens (including phenoxy) is 1. The summed E-state index contributed by atoms with van der Waals surface area (Å²) in [5.74, 6) is 0.612. The molecule has 1 amide bonds. The summed E-state index contributed by atoms with van der Waals surface area (Å²) in [6.07, 6.45) is 3.71. The zero-order valence-corrected chi connectivity index (χ0v) is 14.8. The second-order valence-electron chi connectivity index (χ2n) is 6.91. The van der Waals surface area contributed by atoms with Crippen LogP contribution in [0.3, 0.4) is 0 Å². The Balaban J connectivity index is 1.70. The number of nitrogens with one attached hydrogen (secondary N) is 1. The molecule has 0 saturated carbocycles. The largest absolute Gasteiger partial charge is 0.444 e. The Bertz CT molecular complexity index is 462. The number of hydrogen-bond acceptors (Lipinski definition) is 5. The van der Waals surface area contributed by atoms with Crippen LogP contribution in [0.4, 0.5) is 4.79 Å². The van der Waals surface area contributed by atoms with Gasteiger partial charge < -0.3 is 15.0 Å². The number of nitrogens with zero attached hydrogens (tertiary/aromatic N) is 2. The van der Waals surface area contributed by atoms with Crippen LogP contribution in [0.1, 0.15) is 51.6 Å². The lowest BCUT2D eigenvalue weighted by molar-refractivity contribution is 0.0183. The fourth-order valence-electron chi connectivity index (χ4n) is 2.53. The highest BCUT2D eigenvalue weighted by Gasteiger charge is 2.26. The molecule has 6 heteroatoms. The highest BCUT2D eigenvalue weighted by Crippen LogP contribution is 2.21. The van der Waals surface area contributed by atoms with Crippen molar-refractivity contribution in [3.05, 3.63) is 16.6 Å². The Kier molecular flexibility index (Phi) is 5.81. The predicted octanol–water partition coefficient (Wildman–Crippen LogP) is 3.44. The number of likely N-dealkylation sites (tertiary alicyclic amines) is 1. The number of carbonyl (C=O) groups excluding carboxylic acids is 1. The van der Waals surface area contributed by atoms with Crippen molar-refractivity contribution < 1.29 is 9.53 Å². The van der Waals surface area contributed by atoms with E-state index in [-0.39, 0.29) is 6.09 Å². The van der Waals surface area contributed by atoms with Crippen LogP contribution in [0.25, 0.3) is 0 Å². The monoisotopic (exact) mass is 325 g/mol. The Morgan fingerprint density at radius 1 is 1.50 bits per heavy atom. The summed E-state index contributed by atoms with van der Waals surface area (Å²) in [7, 11) is 0. The fraction of sp³-hybridized carbons (Fsp3) is 0.750. The van der Waals surface area contributed by atoms with Crippen LogP contribution in [0.5, 0.6) is 0 Å². The zero-order chi connectivity index (χ0) is 16.2. The molecule has 1 fully saturated rings. The van der Waals surface area contributed by atoms with Gasteiger partial charge in [0.05, 0.1) is 6.04 Å². The lowest BCUT2D eigenvalue weighted by Crippen LogP contribution is -2.43. The lowest BCUT2D eigenvalue weighted by atomic mass is 9.97. The normalized spacial score (nSPS) is 18.3. The van der Waals surface area contributed by atoms with Crippen LogP contribution in [-0.4, -0.2) is 41.2 Å². The number of rotatable bonds is 4. The molecule has 0 aromatic carbocycles. The van der Waals surface area contributed by atoms with Crippen LogP contribution in [0.15, 0.2) is 11.6 Å². The summed E-state index contributed by atoms with van der Waals surface area (Å²) in [6.45, 7) is 10.4. The van der Waals surface area contributed by atoms with Crippen LogP contribution in [0, 0.1) is 5.92 Å². The van der Waals surface area contributed by atoms with Gasteiger partial charge in [0, 0.05) is 24.7 Å². The standard InChI is InChI=1S/C16H27N3O2S/c1-12(14-17-7-10-22-14)18-11-13-5-8-19(9-6-13)15(20)21-16(2,3)4/h7,10,12-13,18H,5-6,8-9,11H2,1-4H3/t12-/m1/s1. The molecular weight excluding hydrogens is 298 g/mol. The van der Waals surface area contributed by atoms with Gasteiger partial charge in [0.15, 0.2) is 0 Å². The molecule has 2 heterocycles. The molecule has 5 nitrogen and oxygen atoms in total. The van der Waals surface area contributed by atoms with E-state index in [1.165, 1.54) is 0 Å². The second-order valence-corrected chi connectivity index (χ2v) is 7.84. The van der Waals surface area contributed by atoms with Gasteiger partial charge in [-0.25, -0.2) is 9.78 Å². The molecule has 0 radical (unpaired) electrons. The van der Waals surface area contributed by atoms with Crippen LogP contribution >= 0.6 is 11.3 Å². The predicted molar refractivity (Wildman–Crippen MR) is 89.1 cm³/mol. The summed E-state index contributed by atoms with van der Waals surface area (Å²) in [4.78, 5) is 18.2. The molecular formula is C16H27N3O2S. The highest BCUT2D eigenvalue weighted by molar-refractivity contribution is 7.09. The van der Waals surface area contributed by atoms with E-state index in [9.17, 15) is 4.79 Å². The van der Waals surface area contributed by atoms with E-state index in [1.807, 2.05) is 37.2 Å². The maximum Gasteiger partial charge on any atom is 0.410 e. The molecule has 2 rings (SSSR count). The topological polar surface area (TPSA) is 54.5 Å². The van der Waals surface area contributed by atoms with Crippen LogP contribution < -0.4 is 5.32 Å². The minimum atomic E-state index is -0.418. The second kappa shape index (κ2) is 7.42. The molecule has 1 saturated heterocycles. The molecule has 1 aromatic heterocycles. The molecule has 0 unspecified atom stereocenters. The third-order valence-electron chi connectivity index (χ3n) is 3.80. The fourth-order valence-corrected chi connectivity index (χ4v) is 3.20. The van der Waals surface area contributed by atoms with E-state index in [0.717, 1.165) is 37.5 Å². The third-order valence-corrected chi connectivity index (χ3v) is 4.76. The van der Waals surface area contributed by atoms with Crippen molar-refractivity contribution in [3.8, 4) is 0 Å². The summed E-state index contributed by atoms with van der Waals surface area (Å²) >= 11 is 1.68. The lowest BCUT2D eigenvalue weighted by Gasteiger charge is -2.33. The minimum absolute atomic E-state index is 0.185. The van der Waals surface area contributed by atoms with E-state index in [0.29, 0.717) is 12.0 Å². The quantitative estimate of drug-likeness (QED) is 0.921. The van der Waals surface area contributed by atoms with Crippen LogP contribution in [0.2, 0.25) is 0 Å². The number of hydrogen-bond donors (Lipinski definition) is 1. The van der Waals surface area contributed by atoms with Gasteiger partial charge in [-0.1, -0.05) is 0 Å². The average molecular weight is 325 g/mol. The molecule has 1 atom stereocenters. The van der Waals surface area contributed by atoms with Gasteiger partial charge in [0.1, 0.15) is 10.6 Å². The van der Waals surface area contributed by atoms with E-state index in [4.69, 9.17) is 4.74 Å². The number of thiazole rings is 1. The Morgan fingerprint density at radius 2 is 2.18 bits per heavy atom. The Hall–Kier alpha value is -1.14. The van der Waals surface area contributed by atoms with E-state index < -0.39 is 5.60 Å². The minimum Gasteiger partial charge on any atom is -0.444 e.